The van der Waals surface area contributed by atoms with Gasteiger partial charge in [-0.3, -0.25) is 0 Å². The van der Waals surface area contributed by atoms with Crippen molar-refractivity contribution < 1.29 is 0 Å². The molecule has 0 aliphatic carbocycles. The summed E-state index contributed by atoms with van der Waals surface area (Å²) in [6, 6.07) is 30.3. The zero-order valence-corrected chi connectivity index (χ0v) is 57.8. The predicted molar refractivity (Wildman–Crippen MR) is 385 cm³/mol. The molecule has 0 radical (unpaired) electrons. The van der Waals surface area contributed by atoms with Crippen LogP contribution in [0.25, 0.3) is 66.6 Å². The fraction of sp³-hybridized carbons (Fsp3) is 0.476. The van der Waals surface area contributed by atoms with E-state index >= 15 is 0 Å². The van der Waals surface area contributed by atoms with Crippen molar-refractivity contribution in [2.75, 3.05) is 0 Å². The maximum Gasteiger partial charge on any atom is 0.0739 e. The lowest BCUT2D eigenvalue weighted by atomic mass is 9.84. The van der Waals surface area contributed by atoms with Gasteiger partial charge in [-0.15, -0.1) is 0 Å². The lowest BCUT2D eigenvalue weighted by molar-refractivity contribution is 0.866. The molecule has 9 rings (SSSR count). The standard InChI is InChI=1S/C84H110N4/c1-17-29-57-41-61(33-21-5)81(62(42-57)34-22-6)77-53(13)69-50-74-79(83-65(37-25-9)45-59(31-19-3)46-66(83)38-26-10)55(15)71(87-74)52-76-80(84-67(39-27-11)47-60(32-20-4)48-68(84)40-28-12)56(16)72(88-76)51-75-78(54(14)70(86-75)49-73(77)85-69)82-63(35-23-7)43-58(30-18-2)44-64(82)36-24-8/h41-52,85,88H,17-40H2,1-16H3. The number of H-pyrrole nitrogens is 2. The van der Waals surface area contributed by atoms with Crippen LogP contribution in [0.3, 0.4) is 0 Å². The fourth-order valence-electron chi connectivity index (χ4n) is 15.4. The van der Waals surface area contributed by atoms with E-state index in [1.807, 2.05) is 0 Å². The third-order valence-electron chi connectivity index (χ3n) is 19.0. The number of hydrogen-bond donors (Lipinski definition) is 2. The molecule has 0 fully saturated rings. The first kappa shape index (κ1) is 65.9. The molecule has 7 aromatic rings. The highest BCUT2D eigenvalue weighted by atomic mass is 14.8. The third-order valence-corrected chi connectivity index (χ3v) is 19.0. The second-order valence-electron chi connectivity index (χ2n) is 26.4. The van der Waals surface area contributed by atoms with E-state index in [-0.39, 0.29) is 0 Å². The van der Waals surface area contributed by atoms with Crippen molar-refractivity contribution in [3.8, 4) is 22.3 Å². The first-order valence-corrected chi connectivity index (χ1v) is 35.6. The molecule has 88 heavy (non-hydrogen) atoms. The van der Waals surface area contributed by atoms with E-state index < -0.39 is 0 Å². The topological polar surface area (TPSA) is 57.4 Å². The number of hydrogen-bond acceptors (Lipinski definition) is 2. The van der Waals surface area contributed by atoms with Crippen molar-refractivity contribution in [3.63, 3.8) is 0 Å². The van der Waals surface area contributed by atoms with E-state index in [1.54, 1.807) is 0 Å². The van der Waals surface area contributed by atoms with Gasteiger partial charge in [0.1, 0.15) is 0 Å². The van der Waals surface area contributed by atoms with E-state index in [9.17, 15) is 0 Å². The van der Waals surface area contributed by atoms with E-state index in [4.69, 9.17) is 9.97 Å². The van der Waals surface area contributed by atoms with Crippen LogP contribution >= 0.6 is 0 Å². The monoisotopic (exact) mass is 1170 g/mol. The van der Waals surface area contributed by atoms with E-state index in [2.05, 4.69) is 194 Å². The summed E-state index contributed by atoms with van der Waals surface area (Å²) in [6.45, 7) is 37.7. The zero-order chi connectivity index (χ0) is 62.8. The van der Waals surface area contributed by atoms with Crippen LogP contribution in [0.15, 0.2) is 72.8 Å². The van der Waals surface area contributed by atoms with Crippen LogP contribution in [-0.2, 0) is 77.0 Å². The van der Waals surface area contributed by atoms with Crippen molar-refractivity contribution >= 4 is 44.4 Å². The molecule has 0 amide bonds. The third kappa shape index (κ3) is 13.6. The van der Waals surface area contributed by atoms with Crippen LogP contribution in [0.5, 0.6) is 0 Å². The van der Waals surface area contributed by atoms with Crippen molar-refractivity contribution in [2.45, 2.75) is 265 Å². The van der Waals surface area contributed by atoms with Crippen LogP contribution in [0.2, 0.25) is 0 Å². The Morgan fingerprint density at radius 1 is 0.239 bits per heavy atom. The highest BCUT2D eigenvalue weighted by Crippen LogP contribution is 2.47. The number of aryl methyl sites for hydroxylation is 14. The molecular formula is C84H110N4. The van der Waals surface area contributed by atoms with Gasteiger partial charge in [0.05, 0.1) is 22.8 Å². The van der Waals surface area contributed by atoms with Gasteiger partial charge in [-0.25, -0.2) is 9.97 Å². The Labute approximate surface area is 533 Å². The number of rotatable bonds is 28. The highest BCUT2D eigenvalue weighted by Gasteiger charge is 2.29. The number of nitrogens with zero attached hydrogens (tertiary/aromatic N) is 2. The number of nitrogens with one attached hydrogen (secondary N) is 2. The lowest BCUT2D eigenvalue weighted by Gasteiger charge is -2.19. The second-order valence-corrected chi connectivity index (χ2v) is 26.4. The predicted octanol–water partition coefficient (Wildman–Crippen LogP) is 23.7. The molecule has 3 aromatic heterocycles. The van der Waals surface area contributed by atoms with Crippen LogP contribution < -0.4 is 0 Å². The minimum Gasteiger partial charge on any atom is -0.355 e. The number of benzene rings is 4. The molecule has 0 spiro atoms. The Morgan fingerprint density at radius 2 is 0.455 bits per heavy atom. The first-order chi connectivity index (χ1) is 42.8. The quantitative estimate of drug-likeness (QED) is 0.0514. The van der Waals surface area contributed by atoms with Gasteiger partial charge >= 0.3 is 0 Å². The van der Waals surface area contributed by atoms with E-state index in [1.165, 1.54) is 134 Å². The van der Waals surface area contributed by atoms with Crippen molar-refractivity contribution in [1.29, 1.82) is 0 Å². The minimum atomic E-state index is 1.03. The van der Waals surface area contributed by atoms with Crippen LogP contribution in [-0.4, -0.2) is 19.9 Å². The Bertz CT molecular complexity index is 3520. The second kappa shape index (κ2) is 30.3. The molecule has 2 aliphatic rings. The van der Waals surface area contributed by atoms with Crippen molar-refractivity contribution in [1.82, 2.24) is 19.9 Å². The molecule has 5 heterocycles. The molecule has 0 unspecified atom stereocenters. The summed E-state index contributed by atoms with van der Waals surface area (Å²) in [5.41, 5.74) is 42.1. The first-order valence-electron chi connectivity index (χ1n) is 35.6. The molecule has 4 aromatic carbocycles. The minimum absolute atomic E-state index is 1.03. The maximum absolute atomic E-state index is 6.00. The van der Waals surface area contributed by atoms with Gasteiger partial charge in [0.25, 0.3) is 0 Å². The summed E-state index contributed by atoms with van der Waals surface area (Å²) in [4.78, 5) is 20.5. The fourth-order valence-corrected chi connectivity index (χ4v) is 15.4. The molecule has 0 atom stereocenters. The Hall–Kier alpha value is -6.52. The van der Waals surface area contributed by atoms with E-state index in [0.717, 1.165) is 199 Å². The Balaban J connectivity index is 1.55. The zero-order valence-electron chi connectivity index (χ0n) is 57.8. The molecule has 4 heteroatoms. The van der Waals surface area contributed by atoms with Gasteiger partial charge in [0.15, 0.2) is 0 Å². The lowest BCUT2D eigenvalue weighted by Crippen LogP contribution is -2.04. The summed E-state index contributed by atoms with van der Waals surface area (Å²) >= 11 is 0. The smallest absolute Gasteiger partial charge is 0.0739 e. The number of aromatic amines is 2. The van der Waals surface area contributed by atoms with Gasteiger partial charge < -0.3 is 9.97 Å². The summed E-state index contributed by atoms with van der Waals surface area (Å²) in [5.74, 6) is 0. The molecule has 2 aliphatic heterocycles. The molecule has 466 valence electrons. The molecule has 4 nitrogen and oxygen atoms in total. The van der Waals surface area contributed by atoms with Crippen molar-refractivity contribution in [3.05, 3.63) is 185 Å². The number of aromatic nitrogens is 4. The van der Waals surface area contributed by atoms with Gasteiger partial charge in [-0.05, 0) is 240 Å². The molecular weight excluding hydrogens is 1060 g/mol. The van der Waals surface area contributed by atoms with Crippen LogP contribution in [0, 0.1) is 13.8 Å². The molecule has 0 saturated heterocycles. The number of allylic oxidation sites excluding steroid dienone is 2. The average Bonchev–Trinajstić information content (AvgIpc) is 1.65. The highest BCUT2D eigenvalue weighted by molar-refractivity contribution is 6.05. The SMILES string of the molecule is CCCc1cc(CCC)c(C2=C(C)c3cc4[nH]c(cc5nc(cc6[nH]c(cc2n3)c(C)c6-c2c(CCC)cc(CCC)cc2CCC)C(C)=C5c2c(CCC)cc(CCC)cc2CCC)c(C)c4-c2c(CCC)cc(CCC)cc2CCC)c(CCC)c1. The maximum atomic E-state index is 6.00. The van der Waals surface area contributed by atoms with Gasteiger partial charge in [0.2, 0.25) is 0 Å². The summed E-state index contributed by atoms with van der Waals surface area (Å²) in [6.07, 6.45) is 25.8. The average molecular weight is 1180 g/mol. The van der Waals surface area contributed by atoms with Gasteiger partial charge in [0, 0.05) is 44.3 Å². The Morgan fingerprint density at radius 3 is 0.682 bits per heavy atom. The summed E-state index contributed by atoms with van der Waals surface area (Å²) in [5, 5.41) is 0. The van der Waals surface area contributed by atoms with Gasteiger partial charge in [-0.2, -0.15) is 0 Å². The summed E-state index contributed by atoms with van der Waals surface area (Å²) < 4.78 is 0. The molecule has 2 N–H and O–H groups in total. The van der Waals surface area contributed by atoms with E-state index in [0.29, 0.717) is 0 Å². The van der Waals surface area contributed by atoms with Crippen LogP contribution in [0.4, 0.5) is 0 Å². The molecule has 0 saturated carbocycles. The molecule has 8 bridgehead atoms. The normalized spacial score (nSPS) is 12.6. The van der Waals surface area contributed by atoms with Crippen LogP contribution in [0.1, 0.15) is 286 Å². The number of fused-ring (bicyclic) bond motifs is 8. The van der Waals surface area contributed by atoms with Crippen molar-refractivity contribution in [2.24, 2.45) is 0 Å². The van der Waals surface area contributed by atoms with Gasteiger partial charge in [-0.1, -0.05) is 209 Å². The largest absolute Gasteiger partial charge is 0.355 e. The Kier molecular flexibility index (Phi) is 22.7. The summed E-state index contributed by atoms with van der Waals surface area (Å²) in [7, 11) is 0.